The van der Waals surface area contributed by atoms with Crippen molar-refractivity contribution < 1.29 is 9.47 Å². The highest BCUT2D eigenvalue weighted by atomic mass is 32.1. The van der Waals surface area contributed by atoms with E-state index in [1.54, 1.807) is 6.20 Å². The second-order valence-electron chi connectivity index (χ2n) is 2.76. The molecule has 0 unspecified atom stereocenters. The molecule has 1 aromatic heterocycles. The van der Waals surface area contributed by atoms with E-state index in [0.29, 0.717) is 13.2 Å². The largest absolute Gasteiger partial charge is 0.343 e. The van der Waals surface area contributed by atoms with Crippen molar-refractivity contribution in [3.63, 3.8) is 0 Å². The van der Waals surface area contributed by atoms with Gasteiger partial charge in [-0.2, -0.15) is 0 Å². The molecule has 0 aromatic carbocycles. The molecule has 0 bridgehead atoms. The van der Waals surface area contributed by atoms with Gasteiger partial charge >= 0.3 is 0 Å². The molecule has 0 amide bonds. The predicted molar refractivity (Wildman–Crippen MR) is 45.8 cm³/mol. The van der Waals surface area contributed by atoms with Crippen molar-refractivity contribution in [2.75, 3.05) is 13.2 Å². The van der Waals surface area contributed by atoms with Gasteiger partial charge in [-0.05, 0) is 6.92 Å². The average molecular weight is 184 g/mol. The van der Waals surface area contributed by atoms with Crippen LogP contribution in [0, 0.1) is 6.92 Å². The molecule has 1 aliphatic heterocycles. The molecular formula is C8H10NO2S. The number of rotatable bonds is 1. The summed E-state index contributed by atoms with van der Waals surface area (Å²) in [7, 11) is 0. The summed E-state index contributed by atoms with van der Waals surface area (Å²) in [5.74, 6) is -0.576. The molecule has 0 saturated carbocycles. The Bertz CT molecular complexity index is 278. The minimum absolute atomic E-state index is 0.576. The van der Waals surface area contributed by atoms with Crippen molar-refractivity contribution in [3.8, 4) is 0 Å². The predicted octanol–water partition coefficient (Wildman–Crippen LogP) is 1.54. The first kappa shape index (κ1) is 8.16. The highest BCUT2D eigenvalue weighted by Gasteiger charge is 2.34. The molecule has 1 radical (unpaired) electrons. The van der Waals surface area contributed by atoms with E-state index in [9.17, 15) is 0 Å². The summed E-state index contributed by atoms with van der Waals surface area (Å²) in [5.41, 5.74) is 0. The first-order chi connectivity index (χ1) is 5.71. The highest BCUT2D eigenvalue weighted by Crippen LogP contribution is 2.33. The number of thiazole rings is 1. The molecule has 0 atom stereocenters. The molecule has 65 valence electrons. The first-order valence-corrected chi connectivity index (χ1v) is 4.58. The van der Waals surface area contributed by atoms with Gasteiger partial charge in [0.2, 0.25) is 5.79 Å². The van der Waals surface area contributed by atoms with E-state index in [-0.39, 0.29) is 0 Å². The van der Waals surface area contributed by atoms with Crippen LogP contribution in [0.5, 0.6) is 0 Å². The van der Waals surface area contributed by atoms with Gasteiger partial charge in [-0.1, -0.05) is 0 Å². The van der Waals surface area contributed by atoms with E-state index in [4.69, 9.17) is 9.47 Å². The van der Waals surface area contributed by atoms with E-state index in [1.807, 2.05) is 6.92 Å². The Morgan fingerprint density at radius 1 is 1.58 bits per heavy atom. The van der Waals surface area contributed by atoms with Gasteiger partial charge in [0.05, 0.1) is 23.1 Å². The SMILES string of the molecule is [CH2]c1ncc(C2(C)OCCO2)s1. The summed E-state index contributed by atoms with van der Waals surface area (Å²) >= 11 is 1.51. The molecule has 1 aliphatic rings. The molecule has 0 N–H and O–H groups in total. The van der Waals surface area contributed by atoms with Gasteiger partial charge in [0.25, 0.3) is 0 Å². The van der Waals surface area contributed by atoms with E-state index in [1.165, 1.54) is 11.3 Å². The van der Waals surface area contributed by atoms with Gasteiger partial charge in [0.1, 0.15) is 0 Å². The van der Waals surface area contributed by atoms with Gasteiger partial charge in [-0.15, -0.1) is 11.3 Å². The van der Waals surface area contributed by atoms with Crippen LogP contribution in [0.2, 0.25) is 0 Å². The van der Waals surface area contributed by atoms with Crippen LogP contribution in [-0.2, 0) is 15.3 Å². The van der Waals surface area contributed by atoms with Crippen LogP contribution in [0.3, 0.4) is 0 Å². The fourth-order valence-corrected chi connectivity index (χ4v) is 1.94. The maximum absolute atomic E-state index is 5.46. The lowest BCUT2D eigenvalue weighted by molar-refractivity contribution is -0.147. The first-order valence-electron chi connectivity index (χ1n) is 3.77. The Morgan fingerprint density at radius 2 is 2.25 bits per heavy atom. The standard InChI is InChI=1S/C8H10NO2S/c1-6-9-5-7(12-6)8(2)10-3-4-11-8/h5H,1,3-4H2,2H3. The minimum atomic E-state index is -0.576. The van der Waals surface area contributed by atoms with Crippen LogP contribution in [-0.4, -0.2) is 18.2 Å². The number of ether oxygens (including phenoxy) is 2. The van der Waals surface area contributed by atoms with Crippen molar-refractivity contribution in [1.29, 1.82) is 0 Å². The summed E-state index contributed by atoms with van der Waals surface area (Å²) in [6, 6.07) is 0. The zero-order valence-corrected chi connectivity index (χ0v) is 7.69. The summed E-state index contributed by atoms with van der Waals surface area (Å²) < 4.78 is 10.9. The van der Waals surface area contributed by atoms with Crippen LogP contribution in [0.1, 0.15) is 16.8 Å². The highest BCUT2D eigenvalue weighted by molar-refractivity contribution is 7.11. The van der Waals surface area contributed by atoms with E-state index in [0.717, 1.165) is 9.88 Å². The summed E-state index contributed by atoms with van der Waals surface area (Å²) in [6.07, 6.45) is 1.76. The van der Waals surface area contributed by atoms with Gasteiger partial charge in [0.15, 0.2) is 0 Å². The van der Waals surface area contributed by atoms with Crippen molar-refractivity contribution in [3.05, 3.63) is 23.0 Å². The van der Waals surface area contributed by atoms with Gasteiger partial charge in [0, 0.05) is 13.1 Å². The van der Waals surface area contributed by atoms with E-state index < -0.39 is 5.79 Å². The second-order valence-corrected chi connectivity index (χ2v) is 3.88. The van der Waals surface area contributed by atoms with Crippen LogP contribution < -0.4 is 0 Å². The summed E-state index contributed by atoms with van der Waals surface area (Å²) in [5, 5.41) is 0.797. The molecule has 12 heavy (non-hydrogen) atoms. The van der Waals surface area contributed by atoms with Gasteiger partial charge in [-0.3, -0.25) is 0 Å². The lowest BCUT2D eigenvalue weighted by atomic mass is 10.3. The molecule has 0 aliphatic carbocycles. The van der Waals surface area contributed by atoms with Gasteiger partial charge < -0.3 is 9.47 Å². The zero-order valence-electron chi connectivity index (χ0n) is 6.87. The van der Waals surface area contributed by atoms with E-state index in [2.05, 4.69) is 11.9 Å². The molecule has 4 heteroatoms. The van der Waals surface area contributed by atoms with Gasteiger partial charge in [-0.25, -0.2) is 4.98 Å². The molecule has 1 saturated heterocycles. The van der Waals surface area contributed by atoms with Crippen LogP contribution in [0.4, 0.5) is 0 Å². The van der Waals surface area contributed by atoms with Crippen molar-refractivity contribution in [2.24, 2.45) is 0 Å². The Labute approximate surface area is 75.3 Å². The van der Waals surface area contributed by atoms with Crippen LogP contribution in [0.15, 0.2) is 6.20 Å². The lowest BCUT2D eigenvalue weighted by Gasteiger charge is -2.19. The molecule has 1 aromatic rings. The monoisotopic (exact) mass is 184 g/mol. The zero-order chi connectivity index (χ0) is 8.60. The van der Waals surface area contributed by atoms with Crippen LogP contribution >= 0.6 is 11.3 Å². The third kappa shape index (κ3) is 1.26. The maximum Gasteiger partial charge on any atom is 0.203 e. The number of nitrogens with zero attached hydrogens (tertiary/aromatic N) is 1. The quantitative estimate of drug-likeness (QED) is 0.663. The Balaban J connectivity index is 2.28. The fourth-order valence-electron chi connectivity index (χ4n) is 1.18. The van der Waals surface area contributed by atoms with Crippen molar-refractivity contribution in [2.45, 2.75) is 12.7 Å². The van der Waals surface area contributed by atoms with Crippen molar-refractivity contribution >= 4 is 11.3 Å². The summed E-state index contributed by atoms with van der Waals surface area (Å²) in [6.45, 7) is 6.96. The lowest BCUT2D eigenvalue weighted by Crippen LogP contribution is -2.20. The minimum Gasteiger partial charge on any atom is -0.343 e. The Morgan fingerprint density at radius 3 is 2.75 bits per heavy atom. The molecule has 2 heterocycles. The molecule has 0 spiro atoms. The smallest absolute Gasteiger partial charge is 0.203 e. The number of hydrogen-bond acceptors (Lipinski definition) is 4. The fraction of sp³-hybridized carbons (Fsp3) is 0.500. The molecular weight excluding hydrogens is 174 g/mol. The second kappa shape index (κ2) is 2.80. The summed E-state index contributed by atoms with van der Waals surface area (Å²) in [4.78, 5) is 5.04. The Kier molecular flexibility index (Phi) is 1.90. The van der Waals surface area contributed by atoms with E-state index >= 15 is 0 Å². The molecule has 3 nitrogen and oxygen atoms in total. The average Bonchev–Trinajstić information content (AvgIpc) is 2.59. The third-order valence-electron chi connectivity index (χ3n) is 1.84. The topological polar surface area (TPSA) is 31.4 Å². The maximum atomic E-state index is 5.46. The van der Waals surface area contributed by atoms with Crippen LogP contribution in [0.25, 0.3) is 0 Å². The number of aromatic nitrogens is 1. The Hall–Kier alpha value is -0.450. The number of hydrogen-bond donors (Lipinski definition) is 0. The third-order valence-corrected chi connectivity index (χ3v) is 2.88. The normalized spacial score (nSPS) is 21.5. The molecule has 2 rings (SSSR count). The molecule has 1 fully saturated rings. The van der Waals surface area contributed by atoms with Crippen molar-refractivity contribution in [1.82, 2.24) is 4.98 Å².